The molecule has 1 atom stereocenters. The molecular formula is C12H21IN4O. The van der Waals surface area contributed by atoms with E-state index in [1.807, 2.05) is 0 Å². The number of hydrogen-bond donors (Lipinski definition) is 2. The summed E-state index contributed by atoms with van der Waals surface area (Å²) in [7, 11) is 0. The Balaban J connectivity index is 0.00000162. The largest absolute Gasteiger partial charge is 0.361 e. The van der Waals surface area contributed by atoms with Gasteiger partial charge in [0.25, 0.3) is 0 Å². The third kappa shape index (κ3) is 3.37. The van der Waals surface area contributed by atoms with Crippen LogP contribution in [0, 0.1) is 0 Å². The van der Waals surface area contributed by atoms with Gasteiger partial charge >= 0.3 is 0 Å². The van der Waals surface area contributed by atoms with Crippen molar-refractivity contribution in [3.05, 3.63) is 17.0 Å². The third-order valence-electron chi connectivity index (χ3n) is 2.95. The summed E-state index contributed by atoms with van der Waals surface area (Å²) in [5, 5.41) is 10.7. The molecule has 0 spiro atoms. The highest BCUT2D eigenvalue weighted by atomic mass is 127. The zero-order valence-electron chi connectivity index (χ0n) is 11.1. The Morgan fingerprint density at radius 2 is 2.17 bits per heavy atom. The molecule has 1 aromatic rings. The number of nitrogens with zero attached hydrogens (tertiary/aromatic N) is 2. The smallest absolute Gasteiger partial charge is 0.191 e. The van der Waals surface area contributed by atoms with Crippen molar-refractivity contribution in [2.45, 2.75) is 46.2 Å². The van der Waals surface area contributed by atoms with E-state index in [-0.39, 0.29) is 24.0 Å². The molecule has 0 radical (unpaired) electrons. The molecule has 0 saturated heterocycles. The van der Waals surface area contributed by atoms with Crippen molar-refractivity contribution in [1.29, 1.82) is 0 Å². The molecule has 0 aromatic carbocycles. The van der Waals surface area contributed by atoms with Crippen molar-refractivity contribution in [2.24, 2.45) is 4.99 Å². The first-order chi connectivity index (χ1) is 8.24. The number of aromatic nitrogens is 1. The van der Waals surface area contributed by atoms with Gasteiger partial charge in [0.2, 0.25) is 0 Å². The second kappa shape index (κ2) is 6.96. The number of nitrogens with one attached hydrogen (secondary N) is 2. The van der Waals surface area contributed by atoms with Gasteiger partial charge in [-0.15, -0.1) is 24.0 Å². The average molecular weight is 364 g/mol. The van der Waals surface area contributed by atoms with Crippen LogP contribution in [0.15, 0.2) is 9.52 Å². The predicted molar refractivity (Wildman–Crippen MR) is 82.4 cm³/mol. The minimum Gasteiger partial charge on any atom is -0.361 e. The minimum absolute atomic E-state index is 0. The molecule has 1 aliphatic heterocycles. The first kappa shape index (κ1) is 15.3. The molecule has 2 N–H and O–H groups in total. The van der Waals surface area contributed by atoms with Crippen molar-refractivity contribution in [3.63, 3.8) is 0 Å². The van der Waals surface area contributed by atoms with E-state index in [1.165, 1.54) is 5.56 Å². The van der Waals surface area contributed by atoms with Crippen LogP contribution in [0.2, 0.25) is 0 Å². The molecule has 1 aromatic heterocycles. The van der Waals surface area contributed by atoms with Crippen molar-refractivity contribution < 1.29 is 4.52 Å². The number of halogens is 1. The monoisotopic (exact) mass is 364 g/mol. The molecule has 2 rings (SSSR count). The van der Waals surface area contributed by atoms with E-state index in [0.717, 1.165) is 43.3 Å². The second-order valence-electron chi connectivity index (χ2n) is 4.33. The first-order valence-corrected chi connectivity index (χ1v) is 6.25. The van der Waals surface area contributed by atoms with E-state index >= 15 is 0 Å². The Morgan fingerprint density at radius 1 is 1.39 bits per heavy atom. The molecule has 102 valence electrons. The van der Waals surface area contributed by atoms with Gasteiger partial charge in [0.15, 0.2) is 5.96 Å². The minimum atomic E-state index is 0. The zero-order chi connectivity index (χ0) is 12.3. The third-order valence-corrected chi connectivity index (χ3v) is 2.95. The van der Waals surface area contributed by atoms with Crippen LogP contribution in [0.1, 0.15) is 37.8 Å². The van der Waals surface area contributed by atoms with E-state index in [1.54, 1.807) is 0 Å². The Morgan fingerprint density at radius 3 is 2.72 bits per heavy atom. The lowest BCUT2D eigenvalue weighted by atomic mass is 10.1. The van der Waals surface area contributed by atoms with Gasteiger partial charge in [0, 0.05) is 24.6 Å². The van der Waals surface area contributed by atoms with Gasteiger partial charge in [-0.25, -0.2) is 0 Å². The van der Waals surface area contributed by atoms with Gasteiger partial charge in [-0.3, -0.25) is 4.99 Å². The van der Waals surface area contributed by atoms with E-state index in [2.05, 4.69) is 41.6 Å². The Labute approximate surface area is 125 Å². The van der Waals surface area contributed by atoms with Crippen molar-refractivity contribution in [1.82, 2.24) is 15.8 Å². The summed E-state index contributed by atoms with van der Waals surface area (Å²) in [4.78, 5) is 4.37. The van der Waals surface area contributed by atoms with Crippen molar-refractivity contribution in [3.8, 4) is 0 Å². The molecule has 0 aliphatic carbocycles. The summed E-state index contributed by atoms with van der Waals surface area (Å²) >= 11 is 0. The summed E-state index contributed by atoms with van der Waals surface area (Å²) in [6, 6.07) is 0.427. The zero-order valence-corrected chi connectivity index (χ0v) is 13.4. The van der Waals surface area contributed by atoms with Crippen LogP contribution in [0.3, 0.4) is 0 Å². The van der Waals surface area contributed by atoms with E-state index in [0.29, 0.717) is 6.04 Å². The lowest BCUT2D eigenvalue weighted by Crippen LogP contribution is -2.37. The first-order valence-electron chi connectivity index (χ1n) is 6.25. The number of rotatable bonds is 4. The topological polar surface area (TPSA) is 62.5 Å². The molecule has 0 amide bonds. The van der Waals surface area contributed by atoms with Crippen LogP contribution in [0.25, 0.3) is 0 Å². The normalized spacial score (nSPS) is 17.9. The number of guanidine groups is 1. The van der Waals surface area contributed by atoms with Gasteiger partial charge in [0.05, 0.1) is 12.2 Å². The lowest BCUT2D eigenvalue weighted by molar-refractivity contribution is 0.380. The maximum Gasteiger partial charge on any atom is 0.191 e. The van der Waals surface area contributed by atoms with Crippen LogP contribution >= 0.6 is 24.0 Å². The van der Waals surface area contributed by atoms with E-state index in [9.17, 15) is 0 Å². The summed E-state index contributed by atoms with van der Waals surface area (Å²) in [5.74, 6) is 1.85. The maximum absolute atomic E-state index is 5.32. The van der Waals surface area contributed by atoms with E-state index < -0.39 is 0 Å². The molecule has 1 unspecified atom stereocenters. The molecule has 18 heavy (non-hydrogen) atoms. The lowest BCUT2D eigenvalue weighted by Gasteiger charge is -2.08. The van der Waals surface area contributed by atoms with Gasteiger partial charge < -0.3 is 15.2 Å². The molecule has 0 bridgehead atoms. The van der Waals surface area contributed by atoms with E-state index in [4.69, 9.17) is 4.52 Å². The van der Waals surface area contributed by atoms with Crippen LogP contribution in [0.5, 0.6) is 0 Å². The summed E-state index contributed by atoms with van der Waals surface area (Å²) in [5.41, 5.74) is 2.22. The molecule has 6 heteroatoms. The molecule has 1 aliphatic rings. The quantitative estimate of drug-likeness (QED) is 0.801. The van der Waals surface area contributed by atoms with Crippen LogP contribution in [-0.2, 0) is 19.4 Å². The number of aryl methyl sites for hydroxylation is 2. The van der Waals surface area contributed by atoms with Gasteiger partial charge in [-0.1, -0.05) is 19.0 Å². The SMILES string of the molecule is CCc1noc(CC)c1CNC1=NCC(C)N1.I. The molecule has 2 heterocycles. The highest BCUT2D eigenvalue weighted by Gasteiger charge is 2.16. The fourth-order valence-corrected chi connectivity index (χ4v) is 1.97. The second-order valence-corrected chi connectivity index (χ2v) is 4.33. The van der Waals surface area contributed by atoms with Crippen LogP contribution in [0.4, 0.5) is 0 Å². The summed E-state index contributed by atoms with van der Waals surface area (Å²) in [6.07, 6.45) is 1.77. The Kier molecular flexibility index (Phi) is 5.90. The highest BCUT2D eigenvalue weighted by Crippen LogP contribution is 2.15. The standard InChI is InChI=1S/C12H20N4O.HI/c1-4-10-9(11(5-2)17-16-10)7-14-12-13-6-8(3)15-12;/h8H,4-7H2,1-3H3,(H2,13,14,15);1H. The van der Waals surface area contributed by atoms with Gasteiger partial charge in [-0.2, -0.15) is 0 Å². The fraction of sp³-hybridized carbons (Fsp3) is 0.667. The highest BCUT2D eigenvalue weighted by molar-refractivity contribution is 14.0. The average Bonchev–Trinajstić information content (AvgIpc) is 2.91. The van der Waals surface area contributed by atoms with Gasteiger partial charge in [0.1, 0.15) is 5.76 Å². The van der Waals surface area contributed by atoms with Gasteiger partial charge in [-0.05, 0) is 13.3 Å². The fourth-order valence-electron chi connectivity index (χ4n) is 1.97. The molecular weight excluding hydrogens is 343 g/mol. The Bertz CT molecular complexity index is 395. The molecule has 0 fully saturated rings. The summed E-state index contributed by atoms with van der Waals surface area (Å²) in [6.45, 7) is 7.86. The summed E-state index contributed by atoms with van der Waals surface area (Å²) < 4.78 is 5.32. The molecule has 0 saturated carbocycles. The number of hydrogen-bond acceptors (Lipinski definition) is 5. The van der Waals surface area contributed by atoms with Crippen LogP contribution in [-0.4, -0.2) is 23.7 Å². The van der Waals surface area contributed by atoms with Crippen molar-refractivity contribution in [2.75, 3.05) is 6.54 Å². The Hall–Kier alpha value is -0.790. The van der Waals surface area contributed by atoms with Crippen LogP contribution < -0.4 is 10.6 Å². The predicted octanol–water partition coefficient (Wildman–Crippen LogP) is 1.85. The molecule has 5 nitrogen and oxygen atoms in total. The number of aliphatic imine (C=N–C) groups is 1. The maximum atomic E-state index is 5.32. The van der Waals surface area contributed by atoms with Crippen molar-refractivity contribution >= 4 is 29.9 Å².